The largest absolute Gasteiger partial charge is 0.303 e. The summed E-state index contributed by atoms with van der Waals surface area (Å²) in [6.07, 6.45) is 0. The quantitative estimate of drug-likeness (QED) is 0.573. The highest BCUT2D eigenvalue weighted by Gasteiger charge is 2.18. The number of aromatic nitrogens is 4. The number of carbonyl (C=O) groups excluding carboxylic acids is 2. The standard InChI is InChI=1S/C18H12N6O3/c25-17(11-7-3-1-4-8-11)21-13-14(20-16-15(19-13)23-27-24-16)22-18(26)12-9-5-2-6-10-12/h1-10H,(H,19,21,23,25)(H,20,22,24,26). The number of nitrogens with zero attached hydrogens (tertiary/aromatic N) is 4. The van der Waals surface area contributed by atoms with Crippen LogP contribution in [-0.2, 0) is 0 Å². The summed E-state index contributed by atoms with van der Waals surface area (Å²) >= 11 is 0. The molecule has 4 rings (SSSR count). The van der Waals surface area contributed by atoms with E-state index in [2.05, 4.69) is 35.5 Å². The van der Waals surface area contributed by atoms with Crippen LogP contribution >= 0.6 is 0 Å². The molecule has 2 N–H and O–H groups in total. The van der Waals surface area contributed by atoms with Crippen molar-refractivity contribution in [3.05, 3.63) is 71.8 Å². The van der Waals surface area contributed by atoms with Gasteiger partial charge in [0.2, 0.25) is 11.3 Å². The van der Waals surface area contributed by atoms with Gasteiger partial charge in [0.25, 0.3) is 11.8 Å². The average Bonchev–Trinajstić information content (AvgIpc) is 3.16. The molecule has 9 heteroatoms. The smallest absolute Gasteiger partial charge is 0.256 e. The van der Waals surface area contributed by atoms with Gasteiger partial charge in [-0.3, -0.25) is 9.59 Å². The van der Waals surface area contributed by atoms with Crippen LogP contribution in [0.3, 0.4) is 0 Å². The minimum Gasteiger partial charge on any atom is -0.303 e. The monoisotopic (exact) mass is 360 g/mol. The van der Waals surface area contributed by atoms with E-state index in [0.29, 0.717) is 11.1 Å². The predicted molar refractivity (Wildman–Crippen MR) is 96.2 cm³/mol. The summed E-state index contributed by atoms with van der Waals surface area (Å²) in [7, 11) is 0. The van der Waals surface area contributed by atoms with Crippen LogP contribution in [0.1, 0.15) is 20.7 Å². The lowest BCUT2D eigenvalue weighted by molar-refractivity contribution is 0.101. The Bertz CT molecular complexity index is 1020. The number of anilines is 2. The second-order valence-electron chi connectivity index (χ2n) is 5.47. The highest BCUT2D eigenvalue weighted by atomic mass is 16.6. The summed E-state index contributed by atoms with van der Waals surface area (Å²) in [6.45, 7) is 0. The molecule has 0 bridgehead atoms. The third-order valence-electron chi connectivity index (χ3n) is 3.65. The van der Waals surface area contributed by atoms with Crippen molar-refractivity contribution in [2.24, 2.45) is 0 Å². The van der Waals surface area contributed by atoms with E-state index in [0.717, 1.165) is 0 Å². The fourth-order valence-corrected chi connectivity index (χ4v) is 2.35. The van der Waals surface area contributed by atoms with Crippen LogP contribution < -0.4 is 10.6 Å². The van der Waals surface area contributed by atoms with Crippen LogP contribution in [0.2, 0.25) is 0 Å². The van der Waals surface area contributed by atoms with Crippen molar-refractivity contribution in [2.45, 2.75) is 0 Å². The van der Waals surface area contributed by atoms with Crippen LogP contribution in [0, 0.1) is 0 Å². The van der Waals surface area contributed by atoms with Crippen molar-refractivity contribution in [3.63, 3.8) is 0 Å². The average molecular weight is 360 g/mol. The van der Waals surface area contributed by atoms with Crippen LogP contribution in [0.25, 0.3) is 11.3 Å². The molecule has 4 aromatic rings. The fourth-order valence-electron chi connectivity index (χ4n) is 2.35. The third kappa shape index (κ3) is 3.47. The lowest BCUT2D eigenvalue weighted by atomic mass is 10.2. The molecule has 2 heterocycles. The van der Waals surface area contributed by atoms with E-state index in [4.69, 9.17) is 0 Å². The maximum Gasteiger partial charge on any atom is 0.256 e. The van der Waals surface area contributed by atoms with Gasteiger partial charge in [0.05, 0.1) is 0 Å². The van der Waals surface area contributed by atoms with Crippen molar-refractivity contribution in [1.29, 1.82) is 0 Å². The van der Waals surface area contributed by atoms with Crippen LogP contribution in [0.15, 0.2) is 65.3 Å². The summed E-state index contributed by atoms with van der Waals surface area (Å²) in [5.74, 6) is -0.737. The molecule has 0 radical (unpaired) electrons. The maximum absolute atomic E-state index is 12.4. The van der Waals surface area contributed by atoms with Gasteiger partial charge in [-0.1, -0.05) is 36.4 Å². The van der Waals surface area contributed by atoms with Gasteiger partial charge in [-0.2, -0.15) is 0 Å². The number of fused-ring (bicyclic) bond motifs is 1. The van der Waals surface area contributed by atoms with Crippen molar-refractivity contribution < 1.29 is 14.2 Å². The van der Waals surface area contributed by atoms with Crippen molar-refractivity contribution in [2.75, 3.05) is 10.6 Å². The number of amides is 2. The van der Waals surface area contributed by atoms with Gasteiger partial charge >= 0.3 is 0 Å². The first kappa shape index (κ1) is 16.3. The summed E-state index contributed by atoms with van der Waals surface area (Å²) in [4.78, 5) is 33.2. The van der Waals surface area contributed by atoms with E-state index < -0.39 is 11.8 Å². The van der Waals surface area contributed by atoms with Gasteiger partial charge in [0, 0.05) is 11.1 Å². The van der Waals surface area contributed by atoms with Crippen molar-refractivity contribution >= 4 is 34.7 Å². The van der Waals surface area contributed by atoms with Crippen LogP contribution in [0.4, 0.5) is 11.6 Å². The molecule has 2 amide bonds. The second-order valence-corrected chi connectivity index (χ2v) is 5.47. The zero-order chi connectivity index (χ0) is 18.6. The van der Waals surface area contributed by atoms with Crippen molar-refractivity contribution in [3.8, 4) is 0 Å². The Kier molecular flexibility index (Phi) is 4.24. The molecule has 0 unspecified atom stereocenters. The number of hydrogen-bond donors (Lipinski definition) is 2. The molecule has 0 saturated heterocycles. The minimum atomic E-state index is -0.407. The number of carbonyl (C=O) groups is 2. The molecular formula is C18H12N6O3. The van der Waals surface area contributed by atoms with E-state index in [-0.39, 0.29) is 22.9 Å². The highest BCUT2D eigenvalue weighted by Crippen LogP contribution is 2.21. The normalized spacial score (nSPS) is 10.5. The summed E-state index contributed by atoms with van der Waals surface area (Å²) in [6, 6.07) is 17.2. The van der Waals surface area contributed by atoms with Gasteiger partial charge in [0.15, 0.2) is 11.6 Å². The van der Waals surface area contributed by atoms with Crippen LogP contribution in [-0.4, -0.2) is 32.1 Å². The molecule has 9 nitrogen and oxygen atoms in total. The second kappa shape index (κ2) is 7.00. The summed E-state index contributed by atoms with van der Waals surface area (Å²) < 4.78 is 4.60. The zero-order valence-electron chi connectivity index (χ0n) is 13.8. The summed E-state index contributed by atoms with van der Waals surface area (Å²) in [5.41, 5.74) is 1.07. The Balaban J connectivity index is 1.67. The minimum absolute atomic E-state index is 0.0383. The molecule has 0 spiro atoms. The van der Waals surface area contributed by atoms with E-state index >= 15 is 0 Å². The lowest BCUT2D eigenvalue weighted by Crippen LogP contribution is -2.19. The maximum atomic E-state index is 12.4. The van der Waals surface area contributed by atoms with Gasteiger partial charge < -0.3 is 10.6 Å². The molecule has 132 valence electrons. The molecule has 0 fully saturated rings. The Hall–Kier alpha value is -4.14. The fraction of sp³-hybridized carbons (Fsp3) is 0. The SMILES string of the molecule is O=C(Nc1nc2nonc2nc1NC(=O)c1ccccc1)c1ccccc1. The van der Waals surface area contributed by atoms with E-state index in [9.17, 15) is 9.59 Å². The van der Waals surface area contributed by atoms with Gasteiger partial charge in [-0.15, -0.1) is 0 Å². The molecule has 0 aliphatic carbocycles. The zero-order valence-corrected chi connectivity index (χ0v) is 13.8. The molecule has 2 aromatic heterocycles. The molecule has 0 atom stereocenters. The Morgan fingerprint density at radius 3 is 1.48 bits per heavy atom. The number of nitrogens with one attached hydrogen (secondary N) is 2. The van der Waals surface area contributed by atoms with Crippen molar-refractivity contribution in [1.82, 2.24) is 20.3 Å². The van der Waals surface area contributed by atoms with E-state index in [1.807, 2.05) is 0 Å². The van der Waals surface area contributed by atoms with Gasteiger partial charge in [-0.05, 0) is 34.6 Å². The predicted octanol–water partition coefficient (Wildman–Crippen LogP) is 2.52. The van der Waals surface area contributed by atoms with Crippen LogP contribution in [0.5, 0.6) is 0 Å². The molecule has 0 aliphatic heterocycles. The molecule has 0 aliphatic rings. The molecule has 27 heavy (non-hydrogen) atoms. The molecule has 0 saturated carbocycles. The molecule has 2 aromatic carbocycles. The Labute approximate surface area is 152 Å². The van der Waals surface area contributed by atoms with E-state index in [1.54, 1.807) is 60.7 Å². The highest BCUT2D eigenvalue weighted by molar-refractivity contribution is 6.09. The molecular weight excluding hydrogens is 348 g/mol. The van der Waals surface area contributed by atoms with Gasteiger partial charge in [0.1, 0.15) is 0 Å². The topological polar surface area (TPSA) is 123 Å². The number of benzene rings is 2. The van der Waals surface area contributed by atoms with Gasteiger partial charge in [-0.25, -0.2) is 14.6 Å². The lowest BCUT2D eigenvalue weighted by Gasteiger charge is -2.10. The first-order valence-corrected chi connectivity index (χ1v) is 7.94. The first-order chi connectivity index (χ1) is 13.2. The Morgan fingerprint density at radius 1 is 0.667 bits per heavy atom. The Morgan fingerprint density at radius 2 is 1.07 bits per heavy atom. The summed E-state index contributed by atoms with van der Waals surface area (Å²) in [5, 5.41) is 12.5. The number of rotatable bonds is 4. The third-order valence-corrected chi connectivity index (χ3v) is 3.65. The van der Waals surface area contributed by atoms with E-state index in [1.165, 1.54) is 0 Å². The number of hydrogen-bond acceptors (Lipinski definition) is 7. The first-order valence-electron chi connectivity index (χ1n) is 7.94.